The van der Waals surface area contributed by atoms with Gasteiger partial charge in [-0.1, -0.05) is 128 Å². The average Bonchev–Trinajstić information content (AvgIpc) is 3.99. The number of aromatic nitrogens is 2. The van der Waals surface area contributed by atoms with Crippen LogP contribution in [0.15, 0.2) is 41.4 Å². The first kappa shape index (κ1) is 60.5. The maximum absolute atomic E-state index is 12.9. The Hall–Kier alpha value is -2.80. The monoisotopic (exact) mass is 1020 g/mol. The molecule has 396 valence electrons. The molecular formula is C48H83N3O16P2. The Bertz CT molecular complexity index is 1820. The molecule has 2 aliphatic rings. The molecule has 0 saturated carbocycles. The molecule has 0 spiro atoms. The van der Waals surface area contributed by atoms with Crippen LogP contribution in [0.4, 0.5) is 5.82 Å². The van der Waals surface area contributed by atoms with Crippen LogP contribution < -0.4 is 11.4 Å². The topological polar surface area (TPSA) is 278 Å². The highest BCUT2D eigenvalue weighted by Gasteiger charge is 2.46. The van der Waals surface area contributed by atoms with E-state index in [1.165, 1.54) is 63.9 Å². The lowest BCUT2D eigenvalue weighted by atomic mass is 10.1. The van der Waals surface area contributed by atoms with Gasteiger partial charge >= 0.3 is 33.3 Å². The number of nitrogen functional groups attached to an aromatic ring is 1. The lowest BCUT2D eigenvalue weighted by molar-refractivity contribution is -0.161. The first-order chi connectivity index (χ1) is 33.1. The van der Waals surface area contributed by atoms with E-state index in [9.17, 15) is 43.5 Å². The molecule has 2 fully saturated rings. The van der Waals surface area contributed by atoms with Gasteiger partial charge in [0.25, 0.3) is 0 Å². The number of hydrogen-bond donors (Lipinski definition) is 5. The van der Waals surface area contributed by atoms with E-state index in [4.69, 9.17) is 33.7 Å². The second-order valence-electron chi connectivity index (χ2n) is 18.1. The predicted molar refractivity (Wildman–Crippen MR) is 261 cm³/mol. The Morgan fingerprint density at radius 1 is 0.710 bits per heavy atom. The van der Waals surface area contributed by atoms with E-state index in [1.54, 1.807) is 0 Å². The lowest BCUT2D eigenvalue weighted by Gasteiger charge is -2.21. The predicted octanol–water partition coefficient (Wildman–Crippen LogP) is 9.21. The quantitative estimate of drug-likeness (QED) is 0.0134. The maximum Gasteiger partial charge on any atom is 0.481 e. The van der Waals surface area contributed by atoms with Crippen molar-refractivity contribution in [2.45, 2.75) is 224 Å². The first-order valence-corrected chi connectivity index (χ1v) is 28.5. The van der Waals surface area contributed by atoms with E-state index in [-0.39, 0.29) is 18.7 Å². The van der Waals surface area contributed by atoms with Crippen molar-refractivity contribution >= 4 is 33.4 Å². The third-order valence-electron chi connectivity index (χ3n) is 11.9. The van der Waals surface area contributed by atoms with E-state index in [0.29, 0.717) is 25.0 Å². The molecule has 4 unspecified atom stereocenters. The zero-order valence-corrected chi connectivity index (χ0v) is 42.9. The number of phosphoric ester groups is 2. The Labute approximate surface area is 409 Å². The Morgan fingerprint density at radius 2 is 1.26 bits per heavy atom. The van der Waals surface area contributed by atoms with E-state index >= 15 is 0 Å². The summed E-state index contributed by atoms with van der Waals surface area (Å²) in [6.07, 6.45) is 28.5. The van der Waals surface area contributed by atoms with Crippen LogP contribution in [0.1, 0.15) is 187 Å². The van der Waals surface area contributed by atoms with E-state index in [2.05, 4.69) is 47.4 Å². The third-order valence-corrected chi connectivity index (χ3v) is 14.5. The number of aliphatic hydroxyl groups excluding tert-OH is 2. The number of ether oxygens (including phenoxy) is 4. The third kappa shape index (κ3) is 27.0. The molecule has 0 radical (unpaired) electrons. The number of aliphatic hydroxyl groups is 2. The molecular weight excluding hydrogens is 936 g/mol. The highest BCUT2D eigenvalue weighted by atomic mass is 31.3. The summed E-state index contributed by atoms with van der Waals surface area (Å²) >= 11 is 0. The van der Waals surface area contributed by atoms with Crippen molar-refractivity contribution in [3.8, 4) is 0 Å². The molecule has 0 aromatic carbocycles. The summed E-state index contributed by atoms with van der Waals surface area (Å²) in [7, 11) is -10.9. The van der Waals surface area contributed by atoms with Crippen molar-refractivity contribution in [3.63, 3.8) is 0 Å². The molecule has 0 bridgehead atoms. The Morgan fingerprint density at radius 3 is 1.88 bits per heavy atom. The normalized spacial score (nSPS) is 22.5. The number of hydrogen-bond acceptors (Lipinski definition) is 16. The van der Waals surface area contributed by atoms with Crippen LogP contribution in [0.2, 0.25) is 0 Å². The van der Waals surface area contributed by atoms with Crippen molar-refractivity contribution < 1.29 is 71.0 Å². The molecule has 21 heteroatoms. The van der Waals surface area contributed by atoms with Gasteiger partial charge in [-0.2, -0.15) is 9.29 Å². The first-order valence-electron chi connectivity index (χ1n) is 25.5. The van der Waals surface area contributed by atoms with Crippen molar-refractivity contribution in [1.82, 2.24) is 9.55 Å². The number of unbranched alkanes of at least 4 members (excludes halogenated alkanes) is 18. The molecule has 9 atom stereocenters. The van der Waals surface area contributed by atoms with Crippen molar-refractivity contribution in [3.05, 3.63) is 47.1 Å². The van der Waals surface area contributed by atoms with E-state index < -0.39 is 83.7 Å². The summed E-state index contributed by atoms with van der Waals surface area (Å²) in [5.74, 6) is -1.32. The van der Waals surface area contributed by atoms with Gasteiger partial charge in [0.1, 0.15) is 30.7 Å². The molecule has 1 aromatic heterocycles. The number of phosphoric acid groups is 2. The summed E-state index contributed by atoms with van der Waals surface area (Å²) in [6, 6.07) is 1.25. The standard InChI is InChI=1S/C48H83N3O16P2/c1-3-5-7-8-9-10-11-12-13-14-15-16-21-24-28-32-44(53)64-38(35-61-43(52)31-27-23-20-18-17-19-22-26-30-40-39(65-40)29-25-6-4-2)36-62-68(57,58)67-69(59,60)63-37-41-45(54)46(55)47(66-41)51-34-33-42(49)50-48(51)56/h12-13,22,26,33-34,38-41,45-47,54-55H,3-11,14-21,23-25,27-32,35-37H2,1-2H3,(H,57,58)(H,59,60)(H2,49,50,56)/b13-12-,26-22-/t38-,39?,40?,41-,45-,46-,47-/m1/s1. The van der Waals surface area contributed by atoms with E-state index in [0.717, 1.165) is 94.2 Å². The van der Waals surface area contributed by atoms with Crippen LogP contribution in [0.25, 0.3) is 0 Å². The van der Waals surface area contributed by atoms with Crippen LogP contribution in [-0.4, -0.2) is 97.9 Å². The van der Waals surface area contributed by atoms with Gasteiger partial charge in [-0.25, -0.2) is 13.9 Å². The van der Waals surface area contributed by atoms with Gasteiger partial charge in [-0.05, 0) is 70.3 Å². The van der Waals surface area contributed by atoms with Crippen LogP contribution in [0.3, 0.4) is 0 Å². The van der Waals surface area contributed by atoms with Crippen molar-refractivity contribution in [2.24, 2.45) is 0 Å². The summed E-state index contributed by atoms with van der Waals surface area (Å²) in [5.41, 5.74) is 4.59. The minimum Gasteiger partial charge on any atom is -0.462 e. The number of nitrogens with two attached hydrogens (primary N) is 1. The summed E-state index contributed by atoms with van der Waals surface area (Å²) in [4.78, 5) is 61.9. The number of carbonyl (C=O) groups is 2. The summed E-state index contributed by atoms with van der Waals surface area (Å²) < 4.78 is 62.5. The van der Waals surface area contributed by atoms with E-state index in [1.807, 2.05) is 0 Å². The van der Waals surface area contributed by atoms with Crippen LogP contribution >= 0.6 is 15.6 Å². The number of allylic oxidation sites excluding steroid dienone is 3. The number of rotatable bonds is 41. The highest BCUT2D eigenvalue weighted by Crippen LogP contribution is 2.60. The number of anilines is 1. The van der Waals surface area contributed by atoms with Gasteiger partial charge in [-0.3, -0.25) is 23.2 Å². The average molecular weight is 1020 g/mol. The molecule has 0 aliphatic carbocycles. The fraction of sp³-hybridized carbons (Fsp3) is 0.792. The fourth-order valence-electron chi connectivity index (χ4n) is 7.84. The van der Waals surface area contributed by atoms with Crippen LogP contribution in [-0.2, 0) is 51.0 Å². The molecule has 69 heavy (non-hydrogen) atoms. The fourth-order valence-corrected chi connectivity index (χ4v) is 9.95. The van der Waals surface area contributed by atoms with Crippen LogP contribution in [0, 0.1) is 0 Å². The highest BCUT2D eigenvalue weighted by molar-refractivity contribution is 7.61. The number of carbonyl (C=O) groups excluding carboxylic acids is 2. The van der Waals surface area contributed by atoms with Crippen molar-refractivity contribution in [2.75, 3.05) is 25.6 Å². The zero-order valence-electron chi connectivity index (χ0n) is 41.1. The van der Waals surface area contributed by atoms with Gasteiger partial charge in [0.05, 0.1) is 25.4 Å². The van der Waals surface area contributed by atoms with Crippen LogP contribution in [0.5, 0.6) is 0 Å². The lowest BCUT2D eigenvalue weighted by Crippen LogP contribution is -2.36. The molecule has 1 aromatic rings. The van der Waals surface area contributed by atoms with Gasteiger partial charge in [-0.15, -0.1) is 0 Å². The number of nitrogens with zero attached hydrogens (tertiary/aromatic N) is 2. The second-order valence-corrected chi connectivity index (χ2v) is 21.1. The Kier molecular flexibility index (Phi) is 30.3. The summed E-state index contributed by atoms with van der Waals surface area (Å²) in [5, 5.41) is 20.9. The summed E-state index contributed by atoms with van der Waals surface area (Å²) in [6.45, 7) is 2.10. The Balaban J connectivity index is 1.40. The molecule has 3 heterocycles. The molecule has 2 aliphatic heterocycles. The number of esters is 2. The van der Waals surface area contributed by atoms with Gasteiger partial charge in [0.2, 0.25) is 0 Å². The second kappa shape index (κ2) is 34.5. The molecule has 0 amide bonds. The van der Waals surface area contributed by atoms with Gasteiger partial charge < -0.3 is 44.7 Å². The maximum atomic E-state index is 12.9. The minimum absolute atomic E-state index is 0.0357. The smallest absolute Gasteiger partial charge is 0.462 e. The molecule has 3 rings (SSSR count). The zero-order chi connectivity index (χ0) is 50.3. The largest absolute Gasteiger partial charge is 0.481 e. The number of epoxide rings is 1. The molecule has 6 N–H and O–H groups in total. The minimum atomic E-state index is -5.43. The van der Waals surface area contributed by atoms with Gasteiger partial charge in [0, 0.05) is 19.0 Å². The molecule has 19 nitrogen and oxygen atoms in total. The van der Waals surface area contributed by atoms with Gasteiger partial charge in [0.15, 0.2) is 12.3 Å². The SMILES string of the molecule is CCCCCCCC/C=C\CCCCCCCC(=O)O[C@H](COC(=O)CCCCCCC/C=C\CC1OC1CCCCC)COP(=O)(O)OP(=O)(O)OC[C@H]1O[C@@H](n2ccc(N)nc2=O)[C@H](O)[C@@H]1O. The van der Waals surface area contributed by atoms with Crippen molar-refractivity contribution in [1.29, 1.82) is 0 Å². The molecule has 2 saturated heterocycles.